The summed E-state index contributed by atoms with van der Waals surface area (Å²) in [7, 11) is 1.68. The van der Waals surface area contributed by atoms with Crippen molar-refractivity contribution < 1.29 is 4.74 Å². The van der Waals surface area contributed by atoms with Crippen molar-refractivity contribution in [1.29, 1.82) is 0 Å². The predicted octanol–water partition coefficient (Wildman–Crippen LogP) is 1.42. The summed E-state index contributed by atoms with van der Waals surface area (Å²) in [6, 6.07) is 8.95. The molecule has 3 unspecified atom stereocenters. The second-order valence-electron chi connectivity index (χ2n) is 5.78. The van der Waals surface area contributed by atoms with Gasteiger partial charge in [-0.2, -0.15) is 0 Å². The van der Waals surface area contributed by atoms with Crippen LogP contribution in [-0.4, -0.2) is 31.8 Å². The summed E-state index contributed by atoms with van der Waals surface area (Å²) >= 11 is 0. The standard InChI is InChI=1S/C16H27N3O/c1-20-14-8-6-12(7-9-14)10-13(17)11-19-16-5-3-2-4-15(16)18/h6-9,13,15-16,19H,2-5,10-11,17-18H2,1H3. The third-order valence-corrected chi connectivity index (χ3v) is 4.12. The van der Waals surface area contributed by atoms with E-state index in [1.807, 2.05) is 12.1 Å². The molecular formula is C16H27N3O. The van der Waals surface area contributed by atoms with E-state index >= 15 is 0 Å². The van der Waals surface area contributed by atoms with Crippen molar-refractivity contribution in [2.75, 3.05) is 13.7 Å². The van der Waals surface area contributed by atoms with Crippen LogP contribution in [0, 0.1) is 0 Å². The Labute approximate surface area is 121 Å². The summed E-state index contributed by atoms with van der Waals surface area (Å²) < 4.78 is 5.16. The molecule has 0 amide bonds. The van der Waals surface area contributed by atoms with E-state index in [0.717, 1.165) is 25.1 Å². The first-order valence-corrected chi connectivity index (χ1v) is 7.56. The summed E-state index contributed by atoms with van der Waals surface area (Å²) in [5, 5.41) is 3.54. The molecule has 20 heavy (non-hydrogen) atoms. The summed E-state index contributed by atoms with van der Waals surface area (Å²) in [5.74, 6) is 0.883. The van der Waals surface area contributed by atoms with Crippen LogP contribution in [0.5, 0.6) is 5.75 Å². The lowest BCUT2D eigenvalue weighted by molar-refractivity contribution is 0.321. The second-order valence-corrected chi connectivity index (χ2v) is 5.78. The Kier molecular flexibility index (Phi) is 5.83. The summed E-state index contributed by atoms with van der Waals surface area (Å²) in [4.78, 5) is 0. The Bertz CT molecular complexity index is 393. The molecular weight excluding hydrogens is 250 g/mol. The van der Waals surface area contributed by atoms with E-state index < -0.39 is 0 Å². The molecule has 0 saturated heterocycles. The van der Waals surface area contributed by atoms with Crippen molar-refractivity contribution in [1.82, 2.24) is 5.32 Å². The van der Waals surface area contributed by atoms with Crippen LogP contribution in [0.25, 0.3) is 0 Å². The number of ether oxygens (including phenoxy) is 1. The minimum absolute atomic E-state index is 0.123. The van der Waals surface area contributed by atoms with Gasteiger partial charge in [0.25, 0.3) is 0 Å². The molecule has 112 valence electrons. The fourth-order valence-electron chi connectivity index (χ4n) is 2.85. The average molecular weight is 277 g/mol. The van der Waals surface area contributed by atoms with Crippen LogP contribution in [0.15, 0.2) is 24.3 Å². The smallest absolute Gasteiger partial charge is 0.118 e. The monoisotopic (exact) mass is 277 g/mol. The van der Waals surface area contributed by atoms with Gasteiger partial charge in [-0.1, -0.05) is 25.0 Å². The van der Waals surface area contributed by atoms with Crippen LogP contribution >= 0.6 is 0 Å². The van der Waals surface area contributed by atoms with E-state index in [-0.39, 0.29) is 12.1 Å². The van der Waals surface area contributed by atoms with Crippen molar-refractivity contribution in [2.45, 2.75) is 50.2 Å². The number of nitrogens with two attached hydrogens (primary N) is 2. The predicted molar refractivity (Wildman–Crippen MR) is 82.9 cm³/mol. The number of benzene rings is 1. The number of hydrogen-bond acceptors (Lipinski definition) is 4. The summed E-state index contributed by atoms with van der Waals surface area (Å²) in [6.45, 7) is 0.824. The summed E-state index contributed by atoms with van der Waals surface area (Å²) in [6.07, 6.45) is 5.72. The lowest BCUT2D eigenvalue weighted by atomic mass is 9.91. The van der Waals surface area contributed by atoms with Gasteiger partial charge in [-0.05, 0) is 37.0 Å². The van der Waals surface area contributed by atoms with Gasteiger partial charge in [0, 0.05) is 24.7 Å². The molecule has 0 aromatic heterocycles. The Morgan fingerprint density at radius 3 is 2.60 bits per heavy atom. The van der Waals surface area contributed by atoms with Crippen LogP contribution in [0.4, 0.5) is 0 Å². The van der Waals surface area contributed by atoms with E-state index in [1.165, 1.54) is 24.8 Å². The lowest BCUT2D eigenvalue weighted by Crippen LogP contribution is -2.50. The zero-order valence-electron chi connectivity index (χ0n) is 12.3. The molecule has 1 aliphatic rings. The maximum Gasteiger partial charge on any atom is 0.118 e. The molecule has 0 spiro atoms. The molecule has 5 N–H and O–H groups in total. The largest absolute Gasteiger partial charge is 0.497 e. The first-order chi connectivity index (χ1) is 9.69. The van der Waals surface area contributed by atoms with E-state index in [1.54, 1.807) is 7.11 Å². The first kappa shape index (κ1) is 15.3. The van der Waals surface area contributed by atoms with Gasteiger partial charge in [-0.25, -0.2) is 0 Å². The minimum atomic E-state index is 0.123. The molecule has 1 aromatic rings. The molecule has 0 bridgehead atoms. The molecule has 4 heteroatoms. The third kappa shape index (κ3) is 4.47. The van der Waals surface area contributed by atoms with Crippen molar-refractivity contribution in [3.8, 4) is 5.75 Å². The molecule has 3 atom stereocenters. The maximum atomic E-state index is 6.20. The van der Waals surface area contributed by atoms with Crippen LogP contribution < -0.4 is 21.5 Å². The normalized spacial score (nSPS) is 24.4. The zero-order chi connectivity index (χ0) is 14.4. The Hall–Kier alpha value is -1.10. The van der Waals surface area contributed by atoms with Crippen molar-refractivity contribution in [3.05, 3.63) is 29.8 Å². The highest BCUT2D eigenvalue weighted by Gasteiger charge is 2.21. The first-order valence-electron chi connectivity index (χ1n) is 7.56. The van der Waals surface area contributed by atoms with E-state index in [2.05, 4.69) is 17.4 Å². The van der Waals surface area contributed by atoms with Gasteiger partial charge in [0.1, 0.15) is 5.75 Å². The quantitative estimate of drug-likeness (QED) is 0.735. The minimum Gasteiger partial charge on any atom is -0.497 e. The highest BCUT2D eigenvalue weighted by molar-refractivity contribution is 5.27. The molecule has 1 saturated carbocycles. The number of hydrogen-bond donors (Lipinski definition) is 3. The molecule has 0 radical (unpaired) electrons. The lowest BCUT2D eigenvalue weighted by Gasteiger charge is -2.30. The van der Waals surface area contributed by atoms with Crippen molar-refractivity contribution in [3.63, 3.8) is 0 Å². The second kappa shape index (κ2) is 7.62. The van der Waals surface area contributed by atoms with Crippen LogP contribution in [-0.2, 0) is 6.42 Å². The van der Waals surface area contributed by atoms with E-state index in [4.69, 9.17) is 16.2 Å². The van der Waals surface area contributed by atoms with Crippen LogP contribution in [0.1, 0.15) is 31.2 Å². The Balaban J connectivity index is 1.75. The fraction of sp³-hybridized carbons (Fsp3) is 0.625. The molecule has 2 rings (SSSR count). The Morgan fingerprint density at radius 2 is 1.95 bits per heavy atom. The van der Waals surface area contributed by atoms with Gasteiger partial charge in [-0.3, -0.25) is 0 Å². The average Bonchev–Trinajstić information content (AvgIpc) is 2.47. The summed E-state index contributed by atoms with van der Waals surface area (Å²) in [5.41, 5.74) is 13.6. The number of nitrogens with one attached hydrogen (secondary N) is 1. The van der Waals surface area contributed by atoms with Crippen molar-refractivity contribution in [2.24, 2.45) is 11.5 Å². The molecule has 0 aliphatic heterocycles. The number of rotatable bonds is 6. The van der Waals surface area contributed by atoms with Crippen LogP contribution in [0.2, 0.25) is 0 Å². The van der Waals surface area contributed by atoms with Gasteiger partial charge in [0.15, 0.2) is 0 Å². The Morgan fingerprint density at radius 1 is 1.25 bits per heavy atom. The maximum absolute atomic E-state index is 6.20. The third-order valence-electron chi connectivity index (χ3n) is 4.12. The fourth-order valence-corrected chi connectivity index (χ4v) is 2.85. The molecule has 4 nitrogen and oxygen atoms in total. The molecule has 1 aliphatic carbocycles. The van der Waals surface area contributed by atoms with E-state index in [0.29, 0.717) is 6.04 Å². The van der Waals surface area contributed by atoms with Gasteiger partial charge >= 0.3 is 0 Å². The van der Waals surface area contributed by atoms with Crippen LogP contribution in [0.3, 0.4) is 0 Å². The highest BCUT2D eigenvalue weighted by Crippen LogP contribution is 2.17. The van der Waals surface area contributed by atoms with Gasteiger partial charge < -0.3 is 21.5 Å². The molecule has 1 aromatic carbocycles. The molecule has 1 fully saturated rings. The van der Waals surface area contributed by atoms with Gasteiger partial charge in [-0.15, -0.1) is 0 Å². The SMILES string of the molecule is COc1ccc(CC(N)CNC2CCCCC2N)cc1. The topological polar surface area (TPSA) is 73.3 Å². The van der Waals surface area contributed by atoms with Gasteiger partial charge in [0.05, 0.1) is 7.11 Å². The molecule has 0 heterocycles. The van der Waals surface area contributed by atoms with Gasteiger partial charge in [0.2, 0.25) is 0 Å². The number of methoxy groups -OCH3 is 1. The zero-order valence-corrected chi connectivity index (χ0v) is 12.3. The van der Waals surface area contributed by atoms with E-state index in [9.17, 15) is 0 Å². The highest BCUT2D eigenvalue weighted by atomic mass is 16.5. The van der Waals surface area contributed by atoms with Crippen molar-refractivity contribution >= 4 is 0 Å².